The molecule has 0 bridgehead atoms. The van der Waals surface area contributed by atoms with Gasteiger partial charge >= 0.3 is 0 Å². The summed E-state index contributed by atoms with van der Waals surface area (Å²) in [4.78, 5) is 2.49. The Morgan fingerprint density at radius 3 is 3.05 bits per heavy atom. The first kappa shape index (κ1) is 15.5. The average molecular weight is 300 g/mol. The van der Waals surface area contributed by atoms with Gasteiger partial charge in [-0.3, -0.25) is 4.90 Å². The molecule has 0 radical (unpaired) electrons. The zero-order chi connectivity index (χ0) is 15.4. The average Bonchev–Trinajstić information content (AvgIpc) is 3.04. The Labute approximate surface area is 132 Å². The molecule has 1 heterocycles. The Balaban J connectivity index is 1.77. The van der Waals surface area contributed by atoms with E-state index >= 15 is 0 Å². The largest absolute Gasteiger partial charge is 0.381 e. The Morgan fingerprint density at radius 2 is 2.23 bits per heavy atom. The molecule has 1 aromatic carbocycles. The number of ether oxygens (including phenoxy) is 2. The first-order valence-corrected chi connectivity index (χ1v) is 8.16. The molecular weight excluding hydrogens is 276 g/mol. The van der Waals surface area contributed by atoms with Crippen LogP contribution in [0.3, 0.4) is 0 Å². The molecule has 1 aliphatic heterocycles. The SMILES string of the molecule is CO[C@@H]1CCC[C@@H]1[C@H]1COCCN1Cc1ccccc1C#N. The summed E-state index contributed by atoms with van der Waals surface area (Å²) in [5.41, 5.74) is 1.89. The van der Waals surface area contributed by atoms with Crippen LogP contribution in [0.1, 0.15) is 30.4 Å². The van der Waals surface area contributed by atoms with Gasteiger partial charge in [0.2, 0.25) is 0 Å². The van der Waals surface area contributed by atoms with Gasteiger partial charge in [0.15, 0.2) is 0 Å². The van der Waals surface area contributed by atoms with E-state index in [9.17, 15) is 5.26 Å². The van der Waals surface area contributed by atoms with E-state index in [2.05, 4.69) is 17.0 Å². The molecular formula is C18H24N2O2. The minimum atomic E-state index is 0.348. The topological polar surface area (TPSA) is 45.5 Å². The fraction of sp³-hybridized carbons (Fsp3) is 0.611. The van der Waals surface area contributed by atoms with E-state index in [4.69, 9.17) is 9.47 Å². The first-order chi connectivity index (χ1) is 10.8. The fourth-order valence-electron chi connectivity index (χ4n) is 3.92. The van der Waals surface area contributed by atoms with Crippen molar-refractivity contribution in [2.24, 2.45) is 5.92 Å². The van der Waals surface area contributed by atoms with Crippen molar-refractivity contribution in [2.45, 2.75) is 38.0 Å². The highest BCUT2D eigenvalue weighted by atomic mass is 16.5. The molecule has 0 amide bonds. The van der Waals surface area contributed by atoms with Crippen molar-refractivity contribution in [3.05, 3.63) is 35.4 Å². The van der Waals surface area contributed by atoms with Crippen LogP contribution in [-0.2, 0) is 16.0 Å². The zero-order valence-corrected chi connectivity index (χ0v) is 13.2. The van der Waals surface area contributed by atoms with Crippen molar-refractivity contribution in [3.63, 3.8) is 0 Å². The van der Waals surface area contributed by atoms with Gasteiger partial charge in [0, 0.05) is 32.2 Å². The molecule has 0 aromatic heterocycles. The van der Waals surface area contributed by atoms with E-state index in [0.717, 1.165) is 43.9 Å². The Morgan fingerprint density at radius 1 is 1.36 bits per heavy atom. The number of benzene rings is 1. The predicted molar refractivity (Wildman–Crippen MR) is 84.3 cm³/mol. The van der Waals surface area contributed by atoms with Gasteiger partial charge in [-0.2, -0.15) is 5.26 Å². The van der Waals surface area contributed by atoms with Crippen molar-refractivity contribution in [3.8, 4) is 6.07 Å². The Bertz CT molecular complexity index is 540. The van der Waals surface area contributed by atoms with Gasteiger partial charge in [-0.1, -0.05) is 24.6 Å². The maximum absolute atomic E-state index is 9.29. The van der Waals surface area contributed by atoms with Crippen LogP contribution in [0, 0.1) is 17.2 Å². The number of rotatable bonds is 4. The normalized spacial score (nSPS) is 29.4. The zero-order valence-electron chi connectivity index (χ0n) is 13.2. The molecule has 4 nitrogen and oxygen atoms in total. The summed E-state index contributed by atoms with van der Waals surface area (Å²) >= 11 is 0. The number of morpholine rings is 1. The lowest BCUT2D eigenvalue weighted by atomic mass is 9.93. The summed E-state index contributed by atoms with van der Waals surface area (Å²) < 4.78 is 11.4. The summed E-state index contributed by atoms with van der Waals surface area (Å²) in [6.07, 6.45) is 3.95. The predicted octanol–water partition coefficient (Wildman–Crippen LogP) is 2.57. The first-order valence-electron chi connectivity index (χ1n) is 8.16. The molecule has 2 fully saturated rings. The van der Waals surface area contributed by atoms with Gasteiger partial charge in [-0.05, 0) is 24.5 Å². The lowest BCUT2D eigenvalue weighted by molar-refractivity contribution is -0.0608. The minimum absolute atomic E-state index is 0.348. The second-order valence-corrected chi connectivity index (χ2v) is 6.25. The number of methoxy groups -OCH3 is 1. The fourth-order valence-corrected chi connectivity index (χ4v) is 3.92. The smallest absolute Gasteiger partial charge is 0.0995 e. The molecule has 1 aromatic rings. The summed E-state index contributed by atoms with van der Waals surface area (Å²) in [5, 5.41) is 9.29. The lowest BCUT2D eigenvalue weighted by Gasteiger charge is -2.40. The van der Waals surface area contributed by atoms with E-state index < -0.39 is 0 Å². The number of nitriles is 1. The molecule has 1 saturated carbocycles. The van der Waals surface area contributed by atoms with E-state index in [1.807, 2.05) is 25.3 Å². The van der Waals surface area contributed by atoms with Crippen LogP contribution in [-0.4, -0.2) is 43.9 Å². The highest BCUT2D eigenvalue weighted by Gasteiger charge is 2.38. The van der Waals surface area contributed by atoms with Crippen LogP contribution in [0.25, 0.3) is 0 Å². The van der Waals surface area contributed by atoms with Crippen molar-refractivity contribution in [2.75, 3.05) is 26.9 Å². The molecule has 1 aliphatic carbocycles. The number of hydrogen-bond donors (Lipinski definition) is 0. The Kier molecular flexibility index (Phi) is 5.09. The lowest BCUT2D eigenvalue weighted by Crippen LogP contribution is -2.50. The maximum atomic E-state index is 9.29. The van der Waals surface area contributed by atoms with Crippen molar-refractivity contribution in [1.82, 2.24) is 4.90 Å². The van der Waals surface area contributed by atoms with Gasteiger partial charge in [-0.25, -0.2) is 0 Å². The van der Waals surface area contributed by atoms with E-state index in [-0.39, 0.29) is 0 Å². The van der Waals surface area contributed by atoms with Crippen LogP contribution in [0.15, 0.2) is 24.3 Å². The molecule has 3 rings (SSSR count). The molecule has 0 N–H and O–H groups in total. The molecule has 1 saturated heterocycles. The quantitative estimate of drug-likeness (QED) is 0.857. The summed E-state index contributed by atoms with van der Waals surface area (Å²) in [5.74, 6) is 0.541. The third-order valence-electron chi connectivity index (χ3n) is 5.09. The van der Waals surface area contributed by atoms with Crippen molar-refractivity contribution >= 4 is 0 Å². The Hall–Kier alpha value is -1.41. The van der Waals surface area contributed by atoms with Gasteiger partial charge in [0.1, 0.15) is 0 Å². The van der Waals surface area contributed by atoms with Gasteiger partial charge in [0.05, 0.1) is 31.0 Å². The molecule has 4 heteroatoms. The summed E-state index contributed by atoms with van der Waals surface area (Å²) in [7, 11) is 1.82. The molecule has 118 valence electrons. The van der Waals surface area contributed by atoms with Crippen LogP contribution < -0.4 is 0 Å². The molecule has 3 atom stereocenters. The third-order valence-corrected chi connectivity index (χ3v) is 5.09. The minimum Gasteiger partial charge on any atom is -0.381 e. The molecule has 2 aliphatic rings. The summed E-state index contributed by atoms with van der Waals surface area (Å²) in [6.45, 7) is 3.30. The molecule has 0 unspecified atom stereocenters. The third kappa shape index (κ3) is 3.17. The van der Waals surface area contributed by atoms with E-state index in [1.165, 1.54) is 12.8 Å². The number of nitrogens with zero attached hydrogens (tertiary/aromatic N) is 2. The maximum Gasteiger partial charge on any atom is 0.0995 e. The van der Waals surface area contributed by atoms with Gasteiger partial charge in [-0.15, -0.1) is 0 Å². The van der Waals surface area contributed by atoms with E-state index in [1.54, 1.807) is 0 Å². The van der Waals surface area contributed by atoms with Gasteiger partial charge in [0.25, 0.3) is 0 Å². The summed E-state index contributed by atoms with van der Waals surface area (Å²) in [6, 6.07) is 10.6. The highest BCUT2D eigenvalue weighted by Crippen LogP contribution is 2.34. The monoisotopic (exact) mass is 300 g/mol. The standard InChI is InChI=1S/C18H24N2O2/c1-21-18-8-4-7-16(18)17-13-22-10-9-20(17)12-15-6-3-2-5-14(15)11-19/h2-3,5-6,16-18H,4,7-10,12-13H2,1H3/t16-,17-,18-/m1/s1. The van der Waals surface area contributed by atoms with Gasteiger partial charge < -0.3 is 9.47 Å². The van der Waals surface area contributed by atoms with Crippen LogP contribution in [0.4, 0.5) is 0 Å². The molecule has 22 heavy (non-hydrogen) atoms. The van der Waals surface area contributed by atoms with Crippen molar-refractivity contribution < 1.29 is 9.47 Å². The van der Waals surface area contributed by atoms with Crippen LogP contribution in [0.2, 0.25) is 0 Å². The van der Waals surface area contributed by atoms with Crippen LogP contribution >= 0.6 is 0 Å². The van der Waals surface area contributed by atoms with E-state index in [0.29, 0.717) is 18.1 Å². The second kappa shape index (κ2) is 7.23. The molecule has 0 spiro atoms. The van der Waals surface area contributed by atoms with Crippen molar-refractivity contribution in [1.29, 1.82) is 5.26 Å². The highest BCUT2D eigenvalue weighted by molar-refractivity contribution is 5.37. The number of hydrogen-bond acceptors (Lipinski definition) is 4. The van der Waals surface area contributed by atoms with Crippen LogP contribution in [0.5, 0.6) is 0 Å². The second-order valence-electron chi connectivity index (χ2n) is 6.25.